The molecule has 4 heteroatoms. The lowest BCUT2D eigenvalue weighted by atomic mass is 10.2. The fourth-order valence-corrected chi connectivity index (χ4v) is 1.15. The Labute approximate surface area is 70.9 Å². The Morgan fingerprint density at radius 3 is 2.67 bits per heavy atom. The standard InChI is InChI=1S/C8H12N2O2/c1-5-4-10(3)7(9-5)6(2)8(11)12/h4,6H,1-3H3,(H,11,12). The Bertz CT molecular complexity index is 304. The van der Waals surface area contributed by atoms with E-state index in [4.69, 9.17) is 5.11 Å². The van der Waals surface area contributed by atoms with Crippen LogP contribution in [0.5, 0.6) is 0 Å². The van der Waals surface area contributed by atoms with Crippen LogP contribution in [0.2, 0.25) is 0 Å². The van der Waals surface area contributed by atoms with Gasteiger partial charge in [0.15, 0.2) is 0 Å². The molecule has 0 aliphatic carbocycles. The van der Waals surface area contributed by atoms with Crippen LogP contribution in [0.1, 0.15) is 24.4 Å². The van der Waals surface area contributed by atoms with Crippen LogP contribution in [0.4, 0.5) is 0 Å². The predicted molar refractivity (Wildman–Crippen MR) is 44.0 cm³/mol. The number of aliphatic carboxylic acids is 1. The quantitative estimate of drug-likeness (QED) is 0.714. The van der Waals surface area contributed by atoms with Gasteiger partial charge in [-0.1, -0.05) is 0 Å². The van der Waals surface area contributed by atoms with E-state index in [0.717, 1.165) is 5.69 Å². The van der Waals surface area contributed by atoms with Gasteiger partial charge in [0, 0.05) is 13.2 Å². The molecule has 1 aromatic rings. The van der Waals surface area contributed by atoms with Gasteiger partial charge in [0.2, 0.25) is 0 Å². The monoisotopic (exact) mass is 168 g/mol. The van der Waals surface area contributed by atoms with Crippen molar-refractivity contribution in [1.29, 1.82) is 0 Å². The number of hydrogen-bond donors (Lipinski definition) is 1. The summed E-state index contributed by atoms with van der Waals surface area (Å²) in [5.74, 6) is -0.785. The first-order valence-corrected chi connectivity index (χ1v) is 3.75. The van der Waals surface area contributed by atoms with Crippen molar-refractivity contribution in [3.63, 3.8) is 0 Å². The van der Waals surface area contributed by atoms with Crippen molar-refractivity contribution in [3.05, 3.63) is 17.7 Å². The van der Waals surface area contributed by atoms with Gasteiger partial charge in [0.1, 0.15) is 11.7 Å². The lowest BCUT2D eigenvalue weighted by molar-refractivity contribution is -0.138. The van der Waals surface area contributed by atoms with Crippen molar-refractivity contribution in [2.45, 2.75) is 19.8 Å². The molecule has 0 saturated carbocycles. The lowest BCUT2D eigenvalue weighted by Crippen LogP contribution is -2.12. The summed E-state index contributed by atoms with van der Waals surface area (Å²) >= 11 is 0. The molecule has 0 aromatic carbocycles. The fraction of sp³-hybridized carbons (Fsp3) is 0.500. The molecule has 0 fully saturated rings. The molecule has 1 N–H and O–H groups in total. The molecule has 1 rings (SSSR count). The number of rotatable bonds is 2. The highest BCUT2D eigenvalue weighted by molar-refractivity contribution is 5.74. The van der Waals surface area contributed by atoms with Gasteiger partial charge in [-0.05, 0) is 13.8 Å². The molecule has 0 aliphatic rings. The molecular formula is C8H12N2O2. The Hall–Kier alpha value is -1.32. The zero-order chi connectivity index (χ0) is 9.30. The van der Waals surface area contributed by atoms with E-state index in [1.807, 2.05) is 13.1 Å². The second kappa shape index (κ2) is 2.97. The van der Waals surface area contributed by atoms with Crippen LogP contribution < -0.4 is 0 Å². The van der Waals surface area contributed by atoms with Crippen LogP contribution in [-0.2, 0) is 11.8 Å². The number of carbonyl (C=O) groups is 1. The van der Waals surface area contributed by atoms with Gasteiger partial charge >= 0.3 is 5.97 Å². The molecule has 1 heterocycles. The molecule has 0 spiro atoms. The molecule has 0 aliphatic heterocycles. The van der Waals surface area contributed by atoms with Gasteiger partial charge < -0.3 is 9.67 Å². The number of carboxylic acid groups (broad SMARTS) is 1. The summed E-state index contributed by atoms with van der Waals surface area (Å²) in [7, 11) is 1.80. The third-order valence-corrected chi connectivity index (χ3v) is 1.79. The van der Waals surface area contributed by atoms with Crippen LogP contribution in [0, 0.1) is 6.92 Å². The minimum Gasteiger partial charge on any atom is -0.481 e. The van der Waals surface area contributed by atoms with Crippen molar-refractivity contribution in [3.8, 4) is 0 Å². The van der Waals surface area contributed by atoms with E-state index in [1.54, 1.807) is 18.5 Å². The lowest BCUT2D eigenvalue weighted by Gasteiger charge is -2.04. The van der Waals surface area contributed by atoms with Crippen molar-refractivity contribution in [2.75, 3.05) is 0 Å². The number of aryl methyl sites for hydroxylation is 2. The Balaban J connectivity index is 3.02. The number of hydrogen-bond acceptors (Lipinski definition) is 2. The summed E-state index contributed by atoms with van der Waals surface area (Å²) < 4.78 is 1.74. The molecule has 12 heavy (non-hydrogen) atoms. The zero-order valence-electron chi connectivity index (χ0n) is 7.40. The maximum Gasteiger partial charge on any atom is 0.313 e. The maximum absolute atomic E-state index is 10.6. The molecule has 0 amide bonds. The van der Waals surface area contributed by atoms with Crippen LogP contribution in [0.25, 0.3) is 0 Å². The number of nitrogens with zero attached hydrogens (tertiary/aromatic N) is 2. The molecule has 1 atom stereocenters. The first-order valence-electron chi connectivity index (χ1n) is 3.75. The van der Waals surface area contributed by atoms with Crippen LogP contribution in [0.3, 0.4) is 0 Å². The molecular weight excluding hydrogens is 156 g/mol. The summed E-state index contributed by atoms with van der Waals surface area (Å²) in [4.78, 5) is 14.7. The Kier molecular flexibility index (Phi) is 2.17. The fourth-order valence-electron chi connectivity index (χ4n) is 1.15. The predicted octanol–water partition coefficient (Wildman–Crippen LogP) is 0.917. The summed E-state index contributed by atoms with van der Waals surface area (Å²) in [6.45, 7) is 3.47. The average molecular weight is 168 g/mol. The molecule has 0 bridgehead atoms. The molecule has 0 radical (unpaired) electrons. The minimum atomic E-state index is -0.844. The number of carboxylic acids is 1. The van der Waals surface area contributed by atoms with Gasteiger partial charge in [-0.3, -0.25) is 4.79 Å². The van der Waals surface area contributed by atoms with Gasteiger partial charge in [-0.2, -0.15) is 0 Å². The largest absolute Gasteiger partial charge is 0.481 e. The normalized spacial score (nSPS) is 12.9. The maximum atomic E-state index is 10.6. The van der Waals surface area contributed by atoms with E-state index in [1.165, 1.54) is 0 Å². The van der Waals surface area contributed by atoms with Gasteiger partial charge in [0.25, 0.3) is 0 Å². The van der Waals surface area contributed by atoms with E-state index in [0.29, 0.717) is 5.82 Å². The van der Waals surface area contributed by atoms with Gasteiger partial charge in [-0.25, -0.2) is 4.98 Å². The van der Waals surface area contributed by atoms with Crippen molar-refractivity contribution in [2.24, 2.45) is 7.05 Å². The van der Waals surface area contributed by atoms with Crippen LogP contribution in [0.15, 0.2) is 6.20 Å². The molecule has 1 unspecified atom stereocenters. The first kappa shape index (κ1) is 8.77. The van der Waals surface area contributed by atoms with Crippen molar-refractivity contribution >= 4 is 5.97 Å². The summed E-state index contributed by atoms with van der Waals surface area (Å²) in [5, 5.41) is 8.72. The average Bonchev–Trinajstić information content (AvgIpc) is 2.28. The van der Waals surface area contributed by atoms with Crippen molar-refractivity contribution in [1.82, 2.24) is 9.55 Å². The Morgan fingerprint density at radius 2 is 2.33 bits per heavy atom. The third-order valence-electron chi connectivity index (χ3n) is 1.79. The highest BCUT2D eigenvalue weighted by Crippen LogP contribution is 2.13. The van der Waals surface area contributed by atoms with Crippen molar-refractivity contribution < 1.29 is 9.90 Å². The van der Waals surface area contributed by atoms with Crippen LogP contribution in [-0.4, -0.2) is 20.6 Å². The van der Waals surface area contributed by atoms with E-state index < -0.39 is 11.9 Å². The third kappa shape index (κ3) is 1.47. The molecule has 1 aromatic heterocycles. The van der Waals surface area contributed by atoms with Gasteiger partial charge in [0.05, 0.1) is 5.69 Å². The molecule has 4 nitrogen and oxygen atoms in total. The molecule has 0 saturated heterocycles. The minimum absolute atomic E-state index is 0.538. The highest BCUT2D eigenvalue weighted by atomic mass is 16.4. The smallest absolute Gasteiger partial charge is 0.313 e. The van der Waals surface area contributed by atoms with Gasteiger partial charge in [-0.15, -0.1) is 0 Å². The van der Waals surface area contributed by atoms with E-state index in [9.17, 15) is 4.79 Å². The van der Waals surface area contributed by atoms with Crippen LogP contribution >= 0.6 is 0 Å². The second-order valence-corrected chi connectivity index (χ2v) is 2.91. The van der Waals surface area contributed by atoms with E-state index in [-0.39, 0.29) is 0 Å². The number of imidazole rings is 1. The summed E-state index contributed by atoms with van der Waals surface area (Å²) in [5.41, 5.74) is 0.848. The first-order chi connectivity index (χ1) is 5.52. The Morgan fingerprint density at radius 1 is 1.75 bits per heavy atom. The van der Waals surface area contributed by atoms with E-state index >= 15 is 0 Å². The zero-order valence-corrected chi connectivity index (χ0v) is 7.40. The second-order valence-electron chi connectivity index (χ2n) is 2.91. The molecule has 66 valence electrons. The van der Waals surface area contributed by atoms with E-state index in [2.05, 4.69) is 4.98 Å². The summed E-state index contributed by atoms with van der Waals surface area (Å²) in [6, 6.07) is 0. The topological polar surface area (TPSA) is 55.1 Å². The highest BCUT2D eigenvalue weighted by Gasteiger charge is 2.18. The summed E-state index contributed by atoms with van der Waals surface area (Å²) in [6.07, 6.45) is 1.81. The number of aromatic nitrogens is 2. The SMILES string of the molecule is Cc1cn(C)c(C(C)C(=O)O)n1.